The van der Waals surface area contributed by atoms with E-state index in [2.05, 4.69) is 43.0 Å². The molecule has 0 saturated heterocycles. The van der Waals surface area contributed by atoms with Crippen molar-refractivity contribution in [3.63, 3.8) is 0 Å². The van der Waals surface area contributed by atoms with Crippen molar-refractivity contribution in [1.82, 2.24) is 0 Å². The van der Waals surface area contributed by atoms with E-state index in [4.69, 9.17) is 20.8 Å². The summed E-state index contributed by atoms with van der Waals surface area (Å²) in [6.07, 6.45) is 6.40. The van der Waals surface area contributed by atoms with Crippen molar-refractivity contribution in [2.24, 2.45) is 0 Å². The molecule has 0 N–H and O–H groups in total. The average Bonchev–Trinajstić information content (AvgIpc) is 2.77. The van der Waals surface area contributed by atoms with Gasteiger partial charge in [-0.25, -0.2) is 4.79 Å². The van der Waals surface area contributed by atoms with Crippen LogP contribution in [0.5, 0.6) is 5.75 Å². The van der Waals surface area contributed by atoms with E-state index >= 15 is 0 Å². The minimum absolute atomic E-state index is 0.324. The van der Waals surface area contributed by atoms with E-state index in [0.29, 0.717) is 29.6 Å². The van der Waals surface area contributed by atoms with E-state index in [9.17, 15) is 4.79 Å². The third-order valence-electron chi connectivity index (χ3n) is 5.76. The Morgan fingerprint density at radius 1 is 1.03 bits per heavy atom. The first kappa shape index (κ1) is 20.8. The van der Waals surface area contributed by atoms with Gasteiger partial charge in [-0.1, -0.05) is 50.4 Å². The van der Waals surface area contributed by atoms with Gasteiger partial charge < -0.3 is 14.1 Å². The summed E-state index contributed by atoms with van der Waals surface area (Å²) < 4.78 is 11.7. The van der Waals surface area contributed by atoms with E-state index in [-0.39, 0.29) is 5.63 Å². The number of anilines is 1. The van der Waals surface area contributed by atoms with E-state index in [1.165, 1.54) is 18.4 Å². The topological polar surface area (TPSA) is 42.7 Å². The van der Waals surface area contributed by atoms with E-state index in [1.54, 1.807) is 6.07 Å². The minimum atomic E-state index is -0.324. The first-order valence-corrected chi connectivity index (χ1v) is 11.2. The molecule has 158 valence electrons. The van der Waals surface area contributed by atoms with Crippen molar-refractivity contribution in [3.05, 3.63) is 68.5 Å². The molecule has 3 aromatic rings. The molecule has 4 rings (SSSR count). The van der Waals surface area contributed by atoms with Crippen molar-refractivity contribution < 1.29 is 9.15 Å². The summed E-state index contributed by atoms with van der Waals surface area (Å²) in [6, 6.07) is 12.1. The lowest BCUT2D eigenvalue weighted by Crippen LogP contribution is -2.32. The molecule has 0 fully saturated rings. The van der Waals surface area contributed by atoms with Crippen LogP contribution in [-0.4, -0.2) is 6.73 Å². The third kappa shape index (κ3) is 4.20. The SMILES string of the molecule is CCCCc1ccc(N2COc3c(Cl)cc4c(CCCC)cc(=O)oc4c3C2)cc1. The highest BCUT2D eigenvalue weighted by atomic mass is 35.5. The van der Waals surface area contributed by atoms with Crippen molar-refractivity contribution in [2.45, 2.75) is 58.9 Å². The van der Waals surface area contributed by atoms with E-state index in [1.807, 2.05) is 6.07 Å². The molecule has 0 radical (unpaired) electrons. The van der Waals surface area contributed by atoms with Gasteiger partial charge in [-0.2, -0.15) is 0 Å². The van der Waals surface area contributed by atoms with Crippen LogP contribution >= 0.6 is 11.6 Å². The first-order chi connectivity index (χ1) is 14.6. The Balaban J connectivity index is 1.70. The number of hydrogen-bond donors (Lipinski definition) is 0. The lowest BCUT2D eigenvalue weighted by molar-refractivity contribution is 0.289. The number of fused-ring (bicyclic) bond motifs is 3. The summed E-state index contributed by atoms with van der Waals surface area (Å²) in [5.41, 5.74) is 4.53. The van der Waals surface area contributed by atoms with E-state index in [0.717, 1.165) is 47.9 Å². The van der Waals surface area contributed by atoms with Crippen LogP contribution in [0, 0.1) is 0 Å². The second-order valence-corrected chi connectivity index (χ2v) is 8.39. The number of nitrogens with zero attached hydrogens (tertiary/aromatic N) is 1. The Labute approximate surface area is 182 Å². The predicted octanol–water partition coefficient (Wildman–Crippen LogP) is 6.49. The monoisotopic (exact) mass is 425 g/mol. The van der Waals surface area contributed by atoms with Crippen LogP contribution in [0.25, 0.3) is 11.0 Å². The largest absolute Gasteiger partial charge is 0.471 e. The smallest absolute Gasteiger partial charge is 0.336 e. The Bertz CT molecular complexity index is 1090. The van der Waals surface area contributed by atoms with Gasteiger partial charge in [0.1, 0.15) is 11.3 Å². The summed E-state index contributed by atoms with van der Waals surface area (Å²) in [5, 5.41) is 1.48. The quantitative estimate of drug-likeness (QED) is 0.406. The number of hydrogen-bond acceptors (Lipinski definition) is 4. The lowest BCUT2D eigenvalue weighted by atomic mass is 10.0. The second-order valence-electron chi connectivity index (χ2n) is 7.98. The lowest BCUT2D eigenvalue weighted by Gasteiger charge is -2.31. The van der Waals surface area contributed by atoms with Gasteiger partial charge in [-0.05, 0) is 55.0 Å². The van der Waals surface area contributed by atoms with Gasteiger partial charge >= 0.3 is 5.63 Å². The van der Waals surface area contributed by atoms with Crippen LogP contribution in [-0.2, 0) is 19.4 Å². The molecule has 5 heteroatoms. The molecule has 1 aliphatic heterocycles. The predicted molar refractivity (Wildman–Crippen MR) is 123 cm³/mol. The summed E-state index contributed by atoms with van der Waals surface area (Å²) >= 11 is 6.57. The van der Waals surface area contributed by atoms with Crippen molar-refractivity contribution in [1.29, 1.82) is 0 Å². The molecule has 0 bridgehead atoms. The second kappa shape index (κ2) is 9.13. The van der Waals surface area contributed by atoms with E-state index < -0.39 is 0 Å². The van der Waals surface area contributed by atoms with Crippen LogP contribution in [0.2, 0.25) is 5.02 Å². The fraction of sp³-hybridized carbons (Fsp3) is 0.400. The Morgan fingerprint density at radius 3 is 2.50 bits per heavy atom. The van der Waals surface area contributed by atoms with Crippen molar-refractivity contribution in [2.75, 3.05) is 11.6 Å². The van der Waals surface area contributed by atoms with Gasteiger partial charge in [-0.15, -0.1) is 0 Å². The Morgan fingerprint density at radius 2 is 1.77 bits per heavy atom. The van der Waals surface area contributed by atoms with Gasteiger partial charge in [0.05, 0.1) is 17.1 Å². The molecule has 0 spiro atoms. The number of unbranched alkanes of at least 4 members (excludes halogenated alkanes) is 2. The Kier molecular flexibility index (Phi) is 6.33. The molecule has 0 saturated carbocycles. The maximum atomic E-state index is 12.3. The van der Waals surface area contributed by atoms with Gasteiger partial charge in [0, 0.05) is 17.1 Å². The molecule has 1 aliphatic rings. The molecule has 2 heterocycles. The average molecular weight is 426 g/mol. The van der Waals surface area contributed by atoms with Crippen LogP contribution in [0.4, 0.5) is 5.69 Å². The number of benzene rings is 2. The molecule has 0 amide bonds. The first-order valence-electron chi connectivity index (χ1n) is 10.9. The summed E-state index contributed by atoms with van der Waals surface area (Å²) in [5.74, 6) is 0.621. The number of ether oxygens (including phenoxy) is 1. The van der Waals surface area contributed by atoms with Gasteiger partial charge in [0.2, 0.25) is 0 Å². The third-order valence-corrected chi connectivity index (χ3v) is 6.04. The highest BCUT2D eigenvalue weighted by Crippen LogP contribution is 2.40. The van der Waals surface area contributed by atoms with Crippen LogP contribution in [0.3, 0.4) is 0 Å². The maximum absolute atomic E-state index is 12.3. The number of aryl methyl sites for hydroxylation is 2. The molecular weight excluding hydrogens is 398 g/mol. The normalized spacial score (nSPS) is 13.4. The fourth-order valence-corrected chi connectivity index (χ4v) is 4.32. The van der Waals surface area contributed by atoms with Crippen LogP contribution in [0.1, 0.15) is 56.2 Å². The molecule has 2 aromatic carbocycles. The standard InChI is InChI=1S/C25H28ClNO3/c1-3-5-7-17-9-11-19(12-10-17)27-15-21-24-20(14-22(26)25(21)29-16-27)18(8-6-4-2)13-23(28)30-24/h9-14H,3-8,15-16H2,1-2H3. The van der Waals surface area contributed by atoms with Crippen LogP contribution < -0.4 is 15.3 Å². The van der Waals surface area contributed by atoms with Gasteiger partial charge in [0.25, 0.3) is 0 Å². The Hall–Kier alpha value is -2.46. The molecule has 0 aliphatic carbocycles. The van der Waals surface area contributed by atoms with Gasteiger partial charge in [-0.3, -0.25) is 0 Å². The molecule has 0 unspecified atom stereocenters. The summed E-state index contributed by atoms with van der Waals surface area (Å²) in [4.78, 5) is 14.4. The molecule has 4 nitrogen and oxygen atoms in total. The number of rotatable bonds is 7. The maximum Gasteiger partial charge on any atom is 0.336 e. The zero-order valence-electron chi connectivity index (χ0n) is 17.7. The summed E-state index contributed by atoms with van der Waals surface area (Å²) in [7, 11) is 0. The minimum Gasteiger partial charge on any atom is -0.471 e. The molecule has 1 aromatic heterocycles. The fourth-order valence-electron chi connectivity index (χ4n) is 4.05. The van der Waals surface area contributed by atoms with Crippen LogP contribution in [0.15, 0.2) is 45.6 Å². The van der Waals surface area contributed by atoms with Gasteiger partial charge in [0.15, 0.2) is 6.73 Å². The van der Waals surface area contributed by atoms with Crippen molar-refractivity contribution in [3.8, 4) is 5.75 Å². The highest BCUT2D eigenvalue weighted by Gasteiger charge is 2.25. The molecule has 30 heavy (non-hydrogen) atoms. The molecular formula is C25H28ClNO3. The number of halogens is 1. The highest BCUT2D eigenvalue weighted by molar-refractivity contribution is 6.33. The summed E-state index contributed by atoms with van der Waals surface area (Å²) in [6.45, 7) is 5.34. The zero-order chi connectivity index (χ0) is 21.1. The zero-order valence-corrected chi connectivity index (χ0v) is 18.4. The van der Waals surface area contributed by atoms with Crippen molar-refractivity contribution >= 4 is 28.3 Å². The molecule has 0 atom stereocenters.